The van der Waals surface area contributed by atoms with Gasteiger partial charge in [-0.15, -0.1) is 11.6 Å². The van der Waals surface area contributed by atoms with Gasteiger partial charge in [0.25, 0.3) is 10.0 Å². The van der Waals surface area contributed by atoms with E-state index in [-0.39, 0.29) is 5.03 Å². The Balaban J connectivity index is 2.98. The first-order valence-corrected chi connectivity index (χ1v) is 7.44. The number of halogens is 1. The van der Waals surface area contributed by atoms with Crippen molar-refractivity contribution in [2.75, 3.05) is 5.88 Å². The molecule has 0 aromatic carbocycles. The van der Waals surface area contributed by atoms with Crippen LogP contribution in [-0.2, 0) is 17.1 Å². The van der Waals surface area contributed by atoms with Crippen LogP contribution >= 0.6 is 11.6 Å². The maximum atomic E-state index is 12.1. The van der Waals surface area contributed by atoms with E-state index < -0.39 is 15.6 Å². The van der Waals surface area contributed by atoms with Crippen LogP contribution in [0.5, 0.6) is 0 Å². The molecule has 0 radical (unpaired) electrons. The summed E-state index contributed by atoms with van der Waals surface area (Å²) in [5, 5.41) is 4.02. The molecule has 0 aliphatic heterocycles. The van der Waals surface area contributed by atoms with Gasteiger partial charge < -0.3 is 0 Å². The van der Waals surface area contributed by atoms with E-state index >= 15 is 0 Å². The number of hydrogen-bond donors (Lipinski definition) is 1. The molecule has 0 aliphatic rings. The number of aryl methyl sites for hydroxylation is 1. The summed E-state index contributed by atoms with van der Waals surface area (Å²) in [7, 11) is -1.95. The van der Waals surface area contributed by atoms with Crippen LogP contribution in [0.15, 0.2) is 17.3 Å². The number of aromatic nitrogens is 2. The van der Waals surface area contributed by atoms with Crippen molar-refractivity contribution in [3.8, 4) is 0 Å². The van der Waals surface area contributed by atoms with Gasteiger partial charge in [0.2, 0.25) is 0 Å². The molecule has 0 saturated carbocycles. The molecule has 0 amide bonds. The monoisotopic (exact) mass is 279 g/mol. The molecule has 1 rings (SSSR count). The van der Waals surface area contributed by atoms with E-state index in [2.05, 4.69) is 9.82 Å². The lowest BCUT2D eigenvalue weighted by Gasteiger charge is -2.28. The highest BCUT2D eigenvalue weighted by atomic mass is 35.5. The molecule has 1 aromatic heterocycles. The number of rotatable bonds is 6. The Morgan fingerprint density at radius 2 is 2.24 bits per heavy atom. The van der Waals surface area contributed by atoms with E-state index in [0.29, 0.717) is 18.7 Å². The molecule has 1 atom stereocenters. The van der Waals surface area contributed by atoms with Crippen LogP contribution in [0, 0.1) is 0 Å². The summed E-state index contributed by atoms with van der Waals surface area (Å²) in [4.78, 5) is 0. The highest BCUT2D eigenvalue weighted by Gasteiger charge is 2.29. The van der Waals surface area contributed by atoms with Crippen LogP contribution in [0.2, 0.25) is 0 Å². The smallest absolute Gasteiger partial charge is 0.256 e. The maximum absolute atomic E-state index is 12.1. The Labute approximate surface area is 107 Å². The third-order valence-corrected chi connectivity index (χ3v) is 4.76. The summed E-state index contributed by atoms with van der Waals surface area (Å²) in [5.74, 6) is 0.415. The van der Waals surface area contributed by atoms with E-state index in [9.17, 15) is 8.42 Å². The quantitative estimate of drug-likeness (QED) is 0.803. The minimum absolute atomic E-state index is 0.159. The third kappa shape index (κ3) is 3.43. The summed E-state index contributed by atoms with van der Waals surface area (Å²) >= 11 is 5.70. The Bertz CT molecular complexity index is 472. The molecule has 0 spiro atoms. The lowest BCUT2D eigenvalue weighted by atomic mass is 9.97. The maximum Gasteiger partial charge on any atom is 0.258 e. The molecule has 1 unspecified atom stereocenters. The van der Waals surface area contributed by atoms with E-state index in [4.69, 9.17) is 11.6 Å². The number of nitrogens with one attached hydrogen (secondary N) is 1. The highest BCUT2D eigenvalue weighted by Crippen LogP contribution is 2.19. The van der Waals surface area contributed by atoms with Gasteiger partial charge in [0.1, 0.15) is 0 Å². The third-order valence-electron chi connectivity index (χ3n) is 2.86. The molecule has 1 N–H and O–H groups in total. The van der Waals surface area contributed by atoms with Crippen molar-refractivity contribution in [3.63, 3.8) is 0 Å². The van der Waals surface area contributed by atoms with Crippen LogP contribution in [0.25, 0.3) is 0 Å². The lowest BCUT2D eigenvalue weighted by molar-refractivity contribution is 0.389. The largest absolute Gasteiger partial charge is 0.258 e. The standard InChI is InChI=1S/C10H18ClN3O2S/c1-4-10(2,6-7-11)13-17(15,16)9-5-8-12-14(9)3/h5,8,13H,4,6-7H2,1-3H3. The van der Waals surface area contributed by atoms with Gasteiger partial charge in [0.15, 0.2) is 5.03 Å². The average molecular weight is 280 g/mol. The average Bonchev–Trinajstić information content (AvgIpc) is 2.65. The first-order valence-electron chi connectivity index (χ1n) is 5.42. The summed E-state index contributed by atoms with van der Waals surface area (Å²) in [6, 6.07) is 1.47. The van der Waals surface area contributed by atoms with Gasteiger partial charge in [0.05, 0.1) is 6.20 Å². The van der Waals surface area contributed by atoms with Crippen molar-refractivity contribution >= 4 is 21.6 Å². The first kappa shape index (κ1) is 14.5. The Morgan fingerprint density at radius 1 is 1.59 bits per heavy atom. The van der Waals surface area contributed by atoms with Crippen molar-refractivity contribution in [2.24, 2.45) is 7.05 Å². The minimum atomic E-state index is -3.55. The van der Waals surface area contributed by atoms with Gasteiger partial charge in [0, 0.05) is 18.5 Å². The molecular weight excluding hydrogens is 262 g/mol. The van der Waals surface area contributed by atoms with Crippen LogP contribution in [-0.4, -0.2) is 29.6 Å². The van der Waals surface area contributed by atoms with Crippen molar-refractivity contribution in [1.82, 2.24) is 14.5 Å². The molecule has 7 heteroatoms. The number of alkyl halides is 1. The van der Waals surface area contributed by atoms with Crippen molar-refractivity contribution < 1.29 is 8.42 Å². The Hall–Kier alpha value is -0.590. The zero-order chi connectivity index (χ0) is 13.1. The van der Waals surface area contributed by atoms with Crippen molar-refractivity contribution in [1.29, 1.82) is 0 Å². The van der Waals surface area contributed by atoms with Gasteiger partial charge >= 0.3 is 0 Å². The molecule has 1 heterocycles. The molecule has 98 valence electrons. The van der Waals surface area contributed by atoms with E-state index in [1.807, 2.05) is 13.8 Å². The topological polar surface area (TPSA) is 64.0 Å². The number of hydrogen-bond acceptors (Lipinski definition) is 3. The molecule has 1 aromatic rings. The van der Waals surface area contributed by atoms with Crippen LogP contribution in [0.1, 0.15) is 26.7 Å². The molecule has 5 nitrogen and oxygen atoms in total. The molecule has 0 aliphatic carbocycles. The lowest BCUT2D eigenvalue weighted by Crippen LogP contribution is -2.46. The zero-order valence-corrected chi connectivity index (χ0v) is 11.8. The second-order valence-electron chi connectivity index (χ2n) is 4.25. The highest BCUT2D eigenvalue weighted by molar-refractivity contribution is 7.89. The fourth-order valence-corrected chi connectivity index (χ4v) is 3.56. The summed E-state index contributed by atoms with van der Waals surface area (Å²) in [6.45, 7) is 3.78. The normalized spacial score (nSPS) is 15.8. The molecule has 0 fully saturated rings. The van der Waals surface area contributed by atoms with Crippen LogP contribution in [0.3, 0.4) is 0 Å². The van der Waals surface area contributed by atoms with Crippen LogP contribution in [0.4, 0.5) is 0 Å². The van der Waals surface area contributed by atoms with Gasteiger partial charge in [-0.2, -0.15) is 5.10 Å². The van der Waals surface area contributed by atoms with E-state index in [1.54, 1.807) is 7.05 Å². The summed E-state index contributed by atoms with van der Waals surface area (Å²) in [5.41, 5.74) is -0.523. The van der Waals surface area contributed by atoms with Crippen molar-refractivity contribution in [2.45, 2.75) is 37.3 Å². The Kier molecular flexibility index (Phi) is 4.57. The van der Waals surface area contributed by atoms with Gasteiger partial charge in [-0.05, 0) is 25.8 Å². The molecular formula is C10H18ClN3O2S. The van der Waals surface area contributed by atoms with E-state index in [1.165, 1.54) is 16.9 Å². The second kappa shape index (κ2) is 5.37. The molecule has 17 heavy (non-hydrogen) atoms. The van der Waals surface area contributed by atoms with E-state index in [0.717, 1.165) is 0 Å². The SMILES string of the molecule is CCC(C)(CCCl)NS(=O)(=O)c1ccnn1C. The first-order chi connectivity index (χ1) is 7.84. The number of nitrogens with zero attached hydrogens (tertiary/aromatic N) is 2. The molecule has 0 bridgehead atoms. The molecule has 0 saturated heterocycles. The fraction of sp³-hybridized carbons (Fsp3) is 0.700. The predicted molar refractivity (Wildman–Crippen MR) is 67.6 cm³/mol. The summed E-state index contributed by atoms with van der Waals surface area (Å²) < 4.78 is 28.3. The fourth-order valence-electron chi connectivity index (χ4n) is 1.51. The van der Waals surface area contributed by atoms with Crippen LogP contribution < -0.4 is 4.72 Å². The minimum Gasteiger partial charge on any atom is -0.256 e. The second-order valence-corrected chi connectivity index (χ2v) is 6.26. The predicted octanol–water partition coefficient (Wildman–Crippen LogP) is 1.50. The summed E-state index contributed by atoms with van der Waals surface area (Å²) in [6.07, 6.45) is 2.72. The zero-order valence-electron chi connectivity index (χ0n) is 10.3. The van der Waals surface area contributed by atoms with Gasteiger partial charge in [-0.25, -0.2) is 13.1 Å². The Morgan fingerprint density at radius 3 is 2.65 bits per heavy atom. The van der Waals surface area contributed by atoms with Gasteiger partial charge in [-0.3, -0.25) is 4.68 Å². The van der Waals surface area contributed by atoms with Crippen molar-refractivity contribution in [3.05, 3.63) is 12.3 Å². The van der Waals surface area contributed by atoms with Gasteiger partial charge in [-0.1, -0.05) is 6.92 Å². The number of sulfonamides is 1.